The van der Waals surface area contributed by atoms with Crippen LogP contribution in [0.5, 0.6) is 0 Å². The van der Waals surface area contributed by atoms with Gasteiger partial charge in [0.2, 0.25) is 10.9 Å². The van der Waals surface area contributed by atoms with Gasteiger partial charge in [-0.15, -0.1) is 11.3 Å². The summed E-state index contributed by atoms with van der Waals surface area (Å²) in [5.41, 5.74) is 2.33. The Morgan fingerprint density at radius 3 is 1.45 bits per heavy atom. The molecular formula is C20H14N6O2S3. The minimum absolute atomic E-state index is 0.244. The van der Waals surface area contributed by atoms with E-state index in [0.717, 1.165) is 34.8 Å². The van der Waals surface area contributed by atoms with Crippen LogP contribution in [0.15, 0.2) is 58.4 Å². The minimum Gasteiger partial charge on any atom is -0.349 e. The highest BCUT2D eigenvalue weighted by Gasteiger charge is 2.19. The minimum atomic E-state index is -0.244. The fraction of sp³-hybridized carbons (Fsp3) is 0.100. The van der Waals surface area contributed by atoms with E-state index in [1.54, 1.807) is 12.1 Å². The van der Waals surface area contributed by atoms with Crippen molar-refractivity contribution in [2.24, 2.45) is 14.1 Å². The number of hydrogen-bond acceptors (Lipinski definition) is 9. The van der Waals surface area contributed by atoms with Crippen LogP contribution in [0.2, 0.25) is 0 Å². The highest BCUT2D eigenvalue weighted by atomic mass is 32.1. The summed E-state index contributed by atoms with van der Waals surface area (Å²) in [5.74, 6) is 0. The van der Waals surface area contributed by atoms with Crippen molar-refractivity contribution in [1.82, 2.24) is 26.6 Å². The van der Waals surface area contributed by atoms with Gasteiger partial charge >= 0.3 is 0 Å². The van der Waals surface area contributed by atoms with Gasteiger partial charge < -0.3 is 9.13 Å². The van der Waals surface area contributed by atoms with Gasteiger partial charge in [0.15, 0.2) is 11.4 Å². The summed E-state index contributed by atoms with van der Waals surface area (Å²) in [6, 6.07) is 11.0. The second kappa shape index (κ2) is 7.76. The number of hydrogen-bond donors (Lipinski definition) is 0. The molecule has 0 N–H and O–H groups in total. The van der Waals surface area contributed by atoms with Crippen molar-refractivity contribution in [3.05, 3.63) is 69.2 Å². The van der Waals surface area contributed by atoms with E-state index in [2.05, 4.69) is 17.5 Å². The molecule has 8 nitrogen and oxygen atoms in total. The number of aromatic nitrogens is 6. The van der Waals surface area contributed by atoms with Gasteiger partial charge in [-0.05, 0) is 36.4 Å². The summed E-state index contributed by atoms with van der Waals surface area (Å²) in [5, 5.41) is 0. The van der Waals surface area contributed by atoms with E-state index in [4.69, 9.17) is 0 Å². The van der Waals surface area contributed by atoms with Gasteiger partial charge in [0, 0.05) is 26.5 Å². The van der Waals surface area contributed by atoms with Crippen LogP contribution in [0, 0.1) is 0 Å². The maximum Gasteiger partial charge on any atom is 0.235 e. The molecule has 0 aliphatic heterocycles. The van der Waals surface area contributed by atoms with Gasteiger partial charge in [0.05, 0.1) is 44.6 Å². The molecule has 5 heterocycles. The standard InChI is InChI=1S/C20H14N6O2S3/c1-25-9-3-5-11(25)15-19(27)17(23-30-21-15)13-7-8-14(29-13)18-20(28)16(22-31-24-18)12-6-4-10-26(12)2/h3-10H,1-2H3. The van der Waals surface area contributed by atoms with E-state index in [-0.39, 0.29) is 10.9 Å². The number of nitrogens with zero attached hydrogens (tertiary/aromatic N) is 6. The maximum absolute atomic E-state index is 13.1. The predicted molar refractivity (Wildman–Crippen MR) is 123 cm³/mol. The molecule has 5 aromatic heterocycles. The molecule has 11 heteroatoms. The zero-order valence-electron chi connectivity index (χ0n) is 16.3. The first-order valence-electron chi connectivity index (χ1n) is 9.12. The predicted octanol–water partition coefficient (Wildman–Crippen LogP) is 3.52. The van der Waals surface area contributed by atoms with Crippen molar-refractivity contribution in [3.8, 4) is 43.9 Å². The van der Waals surface area contributed by atoms with Crippen molar-refractivity contribution in [3.63, 3.8) is 0 Å². The van der Waals surface area contributed by atoms with Crippen LogP contribution in [0.25, 0.3) is 43.9 Å². The molecule has 154 valence electrons. The Labute approximate surface area is 188 Å². The van der Waals surface area contributed by atoms with Gasteiger partial charge in [-0.1, -0.05) is 0 Å². The monoisotopic (exact) mass is 466 g/mol. The van der Waals surface area contributed by atoms with Crippen molar-refractivity contribution in [2.45, 2.75) is 0 Å². The second-order valence-corrected chi connectivity index (χ2v) is 8.89. The normalized spacial score (nSPS) is 11.2. The lowest BCUT2D eigenvalue weighted by Crippen LogP contribution is -2.12. The molecule has 0 bridgehead atoms. The molecule has 0 amide bonds. The quantitative estimate of drug-likeness (QED) is 0.402. The summed E-state index contributed by atoms with van der Waals surface area (Å²) < 4.78 is 20.7. The summed E-state index contributed by atoms with van der Waals surface area (Å²) in [6.45, 7) is 0. The van der Waals surface area contributed by atoms with Crippen LogP contribution in [0.3, 0.4) is 0 Å². The van der Waals surface area contributed by atoms with Gasteiger partial charge in [0.25, 0.3) is 0 Å². The Morgan fingerprint density at radius 2 is 1.06 bits per heavy atom. The van der Waals surface area contributed by atoms with Gasteiger partial charge in [0.1, 0.15) is 11.4 Å². The van der Waals surface area contributed by atoms with E-state index in [1.807, 2.05) is 59.9 Å². The molecular weight excluding hydrogens is 452 g/mol. The van der Waals surface area contributed by atoms with Crippen molar-refractivity contribution < 1.29 is 0 Å². The molecule has 5 aromatic rings. The van der Waals surface area contributed by atoms with Crippen LogP contribution < -0.4 is 10.9 Å². The topological polar surface area (TPSA) is 95.6 Å². The maximum atomic E-state index is 13.1. The molecule has 0 aliphatic carbocycles. The lowest BCUT2D eigenvalue weighted by atomic mass is 10.2. The van der Waals surface area contributed by atoms with E-state index in [9.17, 15) is 9.59 Å². The highest BCUT2D eigenvalue weighted by Crippen LogP contribution is 2.31. The molecule has 0 aromatic carbocycles. The van der Waals surface area contributed by atoms with Crippen molar-refractivity contribution in [1.29, 1.82) is 0 Å². The molecule has 0 spiro atoms. The van der Waals surface area contributed by atoms with E-state index in [0.29, 0.717) is 32.5 Å². The zero-order valence-corrected chi connectivity index (χ0v) is 18.8. The van der Waals surface area contributed by atoms with E-state index in [1.165, 1.54) is 11.3 Å². The zero-order chi connectivity index (χ0) is 21.5. The van der Waals surface area contributed by atoms with Crippen LogP contribution in [0.1, 0.15) is 0 Å². The molecule has 0 atom stereocenters. The number of rotatable bonds is 4. The summed E-state index contributed by atoms with van der Waals surface area (Å²) in [6.07, 6.45) is 3.72. The first-order chi connectivity index (χ1) is 15.0. The van der Waals surface area contributed by atoms with Gasteiger partial charge in [-0.2, -0.15) is 17.5 Å². The third kappa shape index (κ3) is 3.36. The Morgan fingerprint density at radius 1 is 0.645 bits per heavy atom. The van der Waals surface area contributed by atoms with Crippen molar-refractivity contribution >= 4 is 34.8 Å². The average Bonchev–Trinajstić information content (AvgIpc) is 3.50. The third-order valence-corrected chi connectivity index (χ3v) is 6.99. The van der Waals surface area contributed by atoms with E-state index < -0.39 is 0 Å². The summed E-state index contributed by atoms with van der Waals surface area (Å²) in [7, 11) is 3.72. The summed E-state index contributed by atoms with van der Waals surface area (Å²) >= 11 is 3.28. The average molecular weight is 467 g/mol. The lowest BCUT2D eigenvalue weighted by molar-refractivity contribution is 0.931. The molecule has 0 fully saturated rings. The Bertz CT molecular complexity index is 1410. The SMILES string of the molecule is Cn1cccc1-c1nsnc(-c2ccc(-c3nsnc(-c4cccn4C)c3=O)s2)c1=O. The molecule has 0 saturated heterocycles. The first-order valence-corrected chi connectivity index (χ1v) is 11.4. The molecule has 0 aliphatic rings. The Hall–Kier alpha value is -3.28. The van der Waals surface area contributed by atoms with E-state index >= 15 is 0 Å². The van der Waals surface area contributed by atoms with Crippen LogP contribution in [-0.4, -0.2) is 26.6 Å². The Kier molecular flexibility index (Phi) is 4.93. The number of thiophene rings is 1. The highest BCUT2D eigenvalue weighted by molar-refractivity contribution is 7.19. The second-order valence-electron chi connectivity index (χ2n) is 6.75. The van der Waals surface area contributed by atoms with Gasteiger partial charge in [-0.25, -0.2) is 0 Å². The van der Waals surface area contributed by atoms with Crippen LogP contribution in [0.4, 0.5) is 0 Å². The summed E-state index contributed by atoms with van der Waals surface area (Å²) in [4.78, 5) is 27.5. The number of aryl methyl sites for hydroxylation is 2. The largest absolute Gasteiger partial charge is 0.349 e. The fourth-order valence-electron chi connectivity index (χ4n) is 3.24. The Balaban J connectivity index is 1.59. The van der Waals surface area contributed by atoms with Crippen molar-refractivity contribution in [2.75, 3.05) is 0 Å². The lowest BCUT2D eigenvalue weighted by Gasteiger charge is -2.02. The molecule has 0 radical (unpaired) electrons. The van der Waals surface area contributed by atoms with Crippen LogP contribution >= 0.6 is 34.8 Å². The molecule has 0 saturated carbocycles. The third-order valence-electron chi connectivity index (χ3n) is 4.83. The fourth-order valence-corrected chi connectivity index (χ4v) is 5.46. The van der Waals surface area contributed by atoms with Gasteiger partial charge in [-0.3, -0.25) is 9.59 Å². The molecule has 5 rings (SSSR count). The smallest absolute Gasteiger partial charge is 0.235 e. The molecule has 0 unspecified atom stereocenters. The first kappa shape index (κ1) is 19.7. The van der Waals surface area contributed by atoms with Crippen LogP contribution in [-0.2, 0) is 14.1 Å². The molecule has 31 heavy (non-hydrogen) atoms.